The number of hydrogen-bond acceptors (Lipinski definition) is 9. The molecular weight excluding hydrogens is 592 g/mol. The monoisotopic (exact) mass is 630 g/mol. The van der Waals surface area contributed by atoms with Gasteiger partial charge >= 0.3 is 5.69 Å². The fourth-order valence-electron chi connectivity index (χ4n) is 5.75. The number of nitrogens with zero attached hydrogens (tertiary/aromatic N) is 1. The molecule has 4 aromatic rings. The average Bonchev–Trinajstić information content (AvgIpc) is 3.37. The van der Waals surface area contributed by atoms with E-state index in [1.165, 1.54) is 6.20 Å². The molecule has 46 heavy (non-hydrogen) atoms. The molecule has 0 amide bonds. The number of carbonyl (C=O) groups excluding carboxylic acids is 1. The Bertz CT molecular complexity index is 1710. The van der Waals surface area contributed by atoms with Crippen LogP contribution in [0, 0.1) is 5.41 Å². The third-order valence-corrected chi connectivity index (χ3v) is 8.18. The first-order chi connectivity index (χ1) is 21.9. The number of hydrogen-bond donors (Lipinski definition) is 3. The van der Waals surface area contributed by atoms with Crippen LogP contribution in [0.2, 0.25) is 0 Å². The molecule has 0 radical (unpaired) electrons. The van der Waals surface area contributed by atoms with Gasteiger partial charge in [0.2, 0.25) is 0 Å². The van der Waals surface area contributed by atoms with E-state index < -0.39 is 58.7 Å². The zero-order valence-corrected chi connectivity index (χ0v) is 26.2. The highest BCUT2D eigenvalue weighted by atomic mass is 16.6. The van der Waals surface area contributed by atoms with Gasteiger partial charge in [-0.3, -0.25) is 19.1 Å². The first kappa shape index (κ1) is 32.8. The molecule has 5 rings (SSSR count). The molecule has 0 saturated carbocycles. The van der Waals surface area contributed by atoms with Gasteiger partial charge in [0, 0.05) is 17.7 Å². The summed E-state index contributed by atoms with van der Waals surface area (Å²) in [7, 11) is 3.12. The standard InChI is InChI=1S/C35H38N2O9/c1-34(2,3)31(41)27(39)29-30(28(40)32(45-29)37-20-19-26(38)36-33(37)42)46-35(21-9-7-6-8-10-21,22-11-15-24(43-4)16-12-22)23-13-17-25(44-5)18-14-23/h6-20,27-30,32,39-40H,1-5H3,(H,36,38,42)/t27?,28-,29+,30?,32+/m0/s1. The van der Waals surface area contributed by atoms with Gasteiger partial charge in [0.25, 0.3) is 5.56 Å². The molecule has 11 nitrogen and oxygen atoms in total. The number of rotatable bonds is 10. The van der Waals surface area contributed by atoms with Crippen molar-refractivity contribution in [1.82, 2.24) is 9.55 Å². The first-order valence-corrected chi connectivity index (χ1v) is 14.8. The lowest BCUT2D eigenvalue weighted by Gasteiger charge is -2.40. The number of ether oxygens (including phenoxy) is 4. The fraction of sp³-hybridized carbons (Fsp3) is 0.343. The number of methoxy groups -OCH3 is 2. The molecule has 0 bridgehead atoms. The Morgan fingerprint density at radius 1 is 0.848 bits per heavy atom. The van der Waals surface area contributed by atoms with Gasteiger partial charge in [0.05, 0.1) is 14.2 Å². The van der Waals surface area contributed by atoms with Crippen molar-refractivity contribution in [3.8, 4) is 11.5 Å². The van der Waals surface area contributed by atoms with Crippen molar-refractivity contribution in [2.45, 2.75) is 57.0 Å². The van der Waals surface area contributed by atoms with Gasteiger partial charge in [0.15, 0.2) is 12.0 Å². The summed E-state index contributed by atoms with van der Waals surface area (Å²) in [5.41, 5.74) is -1.97. The van der Waals surface area contributed by atoms with Crippen molar-refractivity contribution in [2.24, 2.45) is 5.41 Å². The van der Waals surface area contributed by atoms with Crippen LogP contribution in [0.3, 0.4) is 0 Å². The summed E-state index contributed by atoms with van der Waals surface area (Å²) in [6.07, 6.45) is -6.37. The van der Waals surface area contributed by atoms with Gasteiger partial charge in [0.1, 0.15) is 41.5 Å². The van der Waals surface area contributed by atoms with E-state index in [2.05, 4.69) is 4.98 Å². The van der Waals surface area contributed by atoms with Crippen LogP contribution in [-0.4, -0.2) is 64.2 Å². The number of aliphatic hydroxyl groups is 2. The number of ketones is 1. The average molecular weight is 631 g/mol. The van der Waals surface area contributed by atoms with Gasteiger partial charge in [-0.05, 0) is 41.0 Å². The SMILES string of the molecule is COc1ccc(C(OC2[C@@H](C(O)C(=O)C(C)(C)C)O[C@@H](n3ccc(=O)[nH]c3=O)[C@H]2O)(c2ccccc2)c2ccc(OC)cc2)cc1. The number of benzene rings is 3. The predicted octanol–water partition coefficient (Wildman–Crippen LogP) is 3.17. The second-order valence-electron chi connectivity index (χ2n) is 12.1. The van der Waals surface area contributed by atoms with Crippen LogP contribution in [-0.2, 0) is 19.9 Å². The van der Waals surface area contributed by atoms with Crippen molar-refractivity contribution in [3.05, 3.63) is 129 Å². The maximum absolute atomic E-state index is 13.5. The number of H-pyrrole nitrogens is 1. The molecule has 1 aliphatic heterocycles. The Kier molecular flexibility index (Phi) is 9.32. The second-order valence-corrected chi connectivity index (χ2v) is 12.1. The van der Waals surface area contributed by atoms with Gasteiger partial charge in [-0.15, -0.1) is 0 Å². The number of carbonyl (C=O) groups is 1. The molecule has 242 valence electrons. The van der Waals surface area contributed by atoms with E-state index in [-0.39, 0.29) is 0 Å². The smallest absolute Gasteiger partial charge is 0.330 e. The zero-order chi connectivity index (χ0) is 33.2. The summed E-state index contributed by atoms with van der Waals surface area (Å²) in [6.45, 7) is 4.98. The molecule has 0 aliphatic carbocycles. The van der Waals surface area contributed by atoms with Crippen molar-refractivity contribution < 1.29 is 34.0 Å². The van der Waals surface area contributed by atoms with Crippen molar-refractivity contribution >= 4 is 5.78 Å². The van der Waals surface area contributed by atoms with E-state index in [1.54, 1.807) is 59.3 Å². The zero-order valence-electron chi connectivity index (χ0n) is 26.2. The molecule has 3 aromatic carbocycles. The highest BCUT2D eigenvalue weighted by Gasteiger charge is 2.55. The summed E-state index contributed by atoms with van der Waals surface area (Å²) in [6, 6.07) is 24.8. The van der Waals surface area contributed by atoms with Crippen molar-refractivity contribution in [2.75, 3.05) is 14.2 Å². The Morgan fingerprint density at radius 3 is 1.85 bits per heavy atom. The van der Waals surface area contributed by atoms with Crippen LogP contribution in [0.1, 0.15) is 43.7 Å². The topological polar surface area (TPSA) is 149 Å². The Balaban J connectivity index is 1.74. The lowest BCUT2D eigenvalue weighted by Crippen LogP contribution is -2.51. The molecule has 11 heteroatoms. The van der Waals surface area contributed by atoms with Gasteiger partial charge in [-0.1, -0.05) is 75.4 Å². The molecule has 2 unspecified atom stereocenters. The molecule has 5 atom stereocenters. The minimum absolute atomic E-state index is 0.549. The number of aliphatic hydroxyl groups excluding tert-OH is 2. The summed E-state index contributed by atoms with van der Waals surface area (Å²) in [5, 5.41) is 23.4. The molecule has 1 fully saturated rings. The summed E-state index contributed by atoms with van der Waals surface area (Å²) in [5.74, 6) is 0.657. The molecule has 1 saturated heterocycles. The highest BCUT2D eigenvalue weighted by Crippen LogP contribution is 2.46. The van der Waals surface area contributed by atoms with E-state index in [0.29, 0.717) is 28.2 Å². The molecule has 0 spiro atoms. The predicted molar refractivity (Wildman–Crippen MR) is 169 cm³/mol. The summed E-state index contributed by atoms with van der Waals surface area (Å²) < 4.78 is 25.1. The minimum Gasteiger partial charge on any atom is -0.497 e. The largest absolute Gasteiger partial charge is 0.497 e. The molecule has 1 aliphatic rings. The lowest BCUT2D eigenvalue weighted by atomic mass is 9.79. The van der Waals surface area contributed by atoms with E-state index in [4.69, 9.17) is 18.9 Å². The quantitative estimate of drug-likeness (QED) is 0.225. The first-order valence-electron chi connectivity index (χ1n) is 14.8. The highest BCUT2D eigenvalue weighted by molar-refractivity contribution is 5.88. The second kappa shape index (κ2) is 13.1. The van der Waals surface area contributed by atoms with Crippen LogP contribution < -0.4 is 20.7 Å². The van der Waals surface area contributed by atoms with E-state index >= 15 is 0 Å². The van der Waals surface area contributed by atoms with Crippen LogP contribution in [0.25, 0.3) is 0 Å². The summed E-state index contributed by atoms with van der Waals surface area (Å²) >= 11 is 0. The van der Waals surface area contributed by atoms with Gasteiger partial charge < -0.3 is 29.2 Å². The van der Waals surface area contributed by atoms with Gasteiger partial charge in [-0.2, -0.15) is 0 Å². The third-order valence-electron chi connectivity index (χ3n) is 8.18. The Hall–Kier alpha value is -4.55. The number of aromatic nitrogens is 2. The maximum atomic E-state index is 13.5. The number of Topliss-reactive ketones (excluding diaryl/α,β-unsaturated/α-hetero) is 1. The molecule has 3 N–H and O–H groups in total. The number of nitrogens with one attached hydrogen (secondary N) is 1. The van der Waals surface area contributed by atoms with E-state index in [0.717, 1.165) is 10.6 Å². The normalized spacial score (nSPS) is 20.7. The fourth-order valence-corrected chi connectivity index (χ4v) is 5.75. The van der Waals surface area contributed by atoms with Gasteiger partial charge in [-0.25, -0.2) is 4.79 Å². The van der Waals surface area contributed by atoms with Crippen LogP contribution >= 0.6 is 0 Å². The van der Waals surface area contributed by atoms with Crippen LogP contribution in [0.15, 0.2) is 101 Å². The summed E-state index contributed by atoms with van der Waals surface area (Å²) in [4.78, 5) is 40.3. The van der Waals surface area contributed by atoms with Crippen LogP contribution in [0.4, 0.5) is 0 Å². The molecular formula is C35H38N2O9. The third kappa shape index (κ3) is 6.14. The van der Waals surface area contributed by atoms with E-state index in [9.17, 15) is 24.6 Å². The van der Waals surface area contributed by atoms with E-state index in [1.807, 2.05) is 54.6 Å². The lowest BCUT2D eigenvalue weighted by molar-refractivity contribution is -0.157. The molecule has 1 aromatic heterocycles. The van der Waals surface area contributed by atoms with Crippen molar-refractivity contribution in [3.63, 3.8) is 0 Å². The Morgan fingerprint density at radius 2 is 1.37 bits per heavy atom. The molecule has 2 heterocycles. The maximum Gasteiger partial charge on any atom is 0.330 e. The van der Waals surface area contributed by atoms with Crippen molar-refractivity contribution in [1.29, 1.82) is 0 Å². The number of aromatic amines is 1. The minimum atomic E-state index is -1.75. The Labute approximate surface area is 266 Å². The van der Waals surface area contributed by atoms with Crippen LogP contribution in [0.5, 0.6) is 11.5 Å².